The molecule has 21 heavy (non-hydrogen) atoms. The summed E-state index contributed by atoms with van der Waals surface area (Å²) in [6.07, 6.45) is 4.50. The molecule has 1 aromatic carbocycles. The van der Waals surface area contributed by atoms with Gasteiger partial charge >= 0.3 is 0 Å². The van der Waals surface area contributed by atoms with Crippen LogP contribution in [0.15, 0.2) is 18.2 Å². The summed E-state index contributed by atoms with van der Waals surface area (Å²) in [4.78, 5) is 2.49. The molecular weight excluding hydrogens is 270 g/mol. The van der Waals surface area contributed by atoms with Crippen molar-refractivity contribution in [2.24, 2.45) is 0 Å². The third kappa shape index (κ3) is 4.48. The molecule has 1 atom stereocenters. The van der Waals surface area contributed by atoms with E-state index in [1.165, 1.54) is 18.9 Å². The summed E-state index contributed by atoms with van der Waals surface area (Å²) < 4.78 is 27.4. The van der Waals surface area contributed by atoms with Crippen molar-refractivity contribution in [3.05, 3.63) is 35.4 Å². The maximum absolute atomic E-state index is 14.0. The van der Waals surface area contributed by atoms with Crippen LogP contribution in [0.25, 0.3) is 0 Å². The molecule has 1 saturated carbocycles. The summed E-state index contributed by atoms with van der Waals surface area (Å²) in [6.45, 7) is 6.96. The maximum Gasteiger partial charge on any atom is 0.163 e. The first kappa shape index (κ1) is 16.4. The van der Waals surface area contributed by atoms with Gasteiger partial charge in [-0.05, 0) is 44.8 Å². The quantitative estimate of drug-likeness (QED) is 0.744. The average Bonchev–Trinajstić information content (AvgIpc) is 3.30. The van der Waals surface area contributed by atoms with Crippen LogP contribution in [0.4, 0.5) is 8.78 Å². The molecule has 1 N–H and O–H groups in total. The fourth-order valence-corrected chi connectivity index (χ4v) is 2.90. The summed E-state index contributed by atoms with van der Waals surface area (Å²) in [5.41, 5.74) is 0.448. The Morgan fingerprint density at radius 2 is 2.00 bits per heavy atom. The van der Waals surface area contributed by atoms with Crippen LogP contribution in [0.2, 0.25) is 0 Å². The van der Waals surface area contributed by atoms with Crippen molar-refractivity contribution < 1.29 is 8.78 Å². The fourth-order valence-electron chi connectivity index (χ4n) is 2.90. The molecule has 1 unspecified atom stereocenters. The highest BCUT2D eigenvalue weighted by molar-refractivity contribution is 5.22. The minimum atomic E-state index is -0.761. The number of halogens is 2. The van der Waals surface area contributed by atoms with Gasteiger partial charge in [-0.3, -0.25) is 0 Å². The van der Waals surface area contributed by atoms with Crippen LogP contribution in [0.3, 0.4) is 0 Å². The molecule has 1 aliphatic carbocycles. The van der Waals surface area contributed by atoms with Crippen molar-refractivity contribution in [3.63, 3.8) is 0 Å². The second kappa shape index (κ2) is 7.85. The van der Waals surface area contributed by atoms with Crippen LogP contribution in [0.1, 0.15) is 51.1 Å². The normalized spacial score (nSPS) is 16.4. The first-order chi connectivity index (χ1) is 10.2. The summed E-state index contributed by atoms with van der Waals surface area (Å²) in [6, 6.07) is 5.04. The smallest absolute Gasteiger partial charge is 0.163 e. The minimum Gasteiger partial charge on any atom is -0.310 e. The first-order valence-electron chi connectivity index (χ1n) is 8.08. The lowest BCUT2D eigenvalue weighted by Gasteiger charge is -2.25. The molecule has 1 aromatic rings. The van der Waals surface area contributed by atoms with Gasteiger partial charge in [-0.1, -0.05) is 26.0 Å². The lowest BCUT2D eigenvalue weighted by atomic mass is 10.0. The molecule has 0 spiro atoms. The van der Waals surface area contributed by atoms with Crippen LogP contribution >= 0.6 is 0 Å². The SMILES string of the molecule is CCCN(CCC(NCC)c1cccc(F)c1F)C1CC1. The average molecular weight is 296 g/mol. The molecule has 1 fully saturated rings. The monoisotopic (exact) mass is 296 g/mol. The zero-order valence-corrected chi connectivity index (χ0v) is 13.0. The van der Waals surface area contributed by atoms with E-state index in [1.807, 2.05) is 6.92 Å². The molecular formula is C17H26F2N2. The maximum atomic E-state index is 14.0. The van der Waals surface area contributed by atoms with Gasteiger partial charge in [-0.25, -0.2) is 8.78 Å². The molecule has 118 valence electrons. The molecule has 0 saturated heterocycles. The third-order valence-corrected chi connectivity index (χ3v) is 4.09. The first-order valence-corrected chi connectivity index (χ1v) is 8.08. The number of hydrogen-bond donors (Lipinski definition) is 1. The second-order valence-corrected chi connectivity index (χ2v) is 5.81. The van der Waals surface area contributed by atoms with Crippen molar-refractivity contribution in [2.75, 3.05) is 19.6 Å². The Bertz CT molecular complexity index is 446. The van der Waals surface area contributed by atoms with E-state index in [0.29, 0.717) is 11.6 Å². The summed E-state index contributed by atoms with van der Waals surface area (Å²) in [7, 11) is 0. The molecule has 2 rings (SSSR count). The van der Waals surface area contributed by atoms with Gasteiger partial charge in [-0.15, -0.1) is 0 Å². The van der Waals surface area contributed by atoms with E-state index in [2.05, 4.69) is 17.1 Å². The van der Waals surface area contributed by atoms with Crippen LogP contribution in [0.5, 0.6) is 0 Å². The van der Waals surface area contributed by atoms with E-state index in [1.54, 1.807) is 12.1 Å². The highest BCUT2D eigenvalue weighted by atomic mass is 19.2. The third-order valence-electron chi connectivity index (χ3n) is 4.09. The molecule has 0 heterocycles. The standard InChI is InChI=1S/C17H26F2N2/c1-3-11-21(13-8-9-13)12-10-16(20-4-2)14-6-5-7-15(18)17(14)19/h5-7,13,16,20H,3-4,8-12H2,1-2H3. The summed E-state index contributed by atoms with van der Waals surface area (Å²) in [5.74, 6) is -1.47. The lowest BCUT2D eigenvalue weighted by Crippen LogP contribution is -2.32. The molecule has 0 amide bonds. The van der Waals surface area contributed by atoms with E-state index < -0.39 is 11.6 Å². The summed E-state index contributed by atoms with van der Waals surface area (Å²) >= 11 is 0. The predicted molar refractivity (Wildman–Crippen MR) is 82.3 cm³/mol. The van der Waals surface area contributed by atoms with Crippen LogP contribution in [-0.4, -0.2) is 30.6 Å². The molecule has 1 aliphatic rings. The highest BCUT2D eigenvalue weighted by Crippen LogP contribution is 2.29. The van der Waals surface area contributed by atoms with E-state index in [-0.39, 0.29) is 6.04 Å². The Morgan fingerprint density at radius 3 is 2.62 bits per heavy atom. The Balaban J connectivity index is 2.02. The van der Waals surface area contributed by atoms with Crippen molar-refractivity contribution in [2.45, 2.75) is 51.6 Å². The van der Waals surface area contributed by atoms with E-state index in [4.69, 9.17) is 0 Å². The fraction of sp³-hybridized carbons (Fsp3) is 0.647. The highest BCUT2D eigenvalue weighted by Gasteiger charge is 2.29. The second-order valence-electron chi connectivity index (χ2n) is 5.81. The van der Waals surface area contributed by atoms with Gasteiger partial charge in [-0.2, -0.15) is 0 Å². The minimum absolute atomic E-state index is 0.121. The van der Waals surface area contributed by atoms with Gasteiger partial charge in [0.15, 0.2) is 11.6 Å². The van der Waals surface area contributed by atoms with Crippen LogP contribution < -0.4 is 5.32 Å². The Labute approximate surface area is 126 Å². The van der Waals surface area contributed by atoms with E-state index in [9.17, 15) is 8.78 Å². The molecule has 2 nitrogen and oxygen atoms in total. The van der Waals surface area contributed by atoms with Gasteiger partial charge in [0.05, 0.1) is 0 Å². The largest absolute Gasteiger partial charge is 0.310 e. The number of rotatable bonds is 9. The lowest BCUT2D eigenvalue weighted by molar-refractivity contribution is 0.246. The van der Waals surface area contributed by atoms with E-state index in [0.717, 1.165) is 32.5 Å². The Morgan fingerprint density at radius 1 is 1.24 bits per heavy atom. The molecule has 0 aromatic heterocycles. The van der Waals surface area contributed by atoms with Gasteiger partial charge < -0.3 is 10.2 Å². The van der Waals surface area contributed by atoms with Crippen molar-refractivity contribution in [3.8, 4) is 0 Å². The van der Waals surface area contributed by atoms with Crippen LogP contribution in [0, 0.1) is 11.6 Å². The van der Waals surface area contributed by atoms with Crippen molar-refractivity contribution in [1.29, 1.82) is 0 Å². The molecule has 0 aliphatic heterocycles. The number of benzene rings is 1. The molecule has 0 bridgehead atoms. The Hall–Kier alpha value is -1.00. The van der Waals surface area contributed by atoms with Gasteiger partial charge in [0.25, 0.3) is 0 Å². The molecule has 4 heteroatoms. The van der Waals surface area contributed by atoms with Gasteiger partial charge in [0, 0.05) is 24.2 Å². The number of hydrogen-bond acceptors (Lipinski definition) is 2. The van der Waals surface area contributed by atoms with E-state index >= 15 is 0 Å². The summed E-state index contributed by atoms with van der Waals surface area (Å²) in [5, 5.41) is 3.29. The zero-order chi connectivity index (χ0) is 15.2. The predicted octanol–water partition coefficient (Wildman–Crippen LogP) is 3.88. The number of nitrogens with zero attached hydrogens (tertiary/aromatic N) is 1. The Kier molecular flexibility index (Phi) is 6.12. The number of nitrogens with one attached hydrogen (secondary N) is 1. The van der Waals surface area contributed by atoms with Gasteiger partial charge in [0.1, 0.15) is 0 Å². The molecule has 0 radical (unpaired) electrons. The van der Waals surface area contributed by atoms with Gasteiger partial charge in [0.2, 0.25) is 0 Å². The topological polar surface area (TPSA) is 15.3 Å². The van der Waals surface area contributed by atoms with Crippen LogP contribution in [-0.2, 0) is 0 Å². The van der Waals surface area contributed by atoms with Crippen molar-refractivity contribution in [1.82, 2.24) is 10.2 Å². The zero-order valence-electron chi connectivity index (χ0n) is 13.0. The van der Waals surface area contributed by atoms with Crippen molar-refractivity contribution >= 4 is 0 Å².